The molecule has 1 aromatic carbocycles. The van der Waals surface area contributed by atoms with Crippen LogP contribution in [0.1, 0.15) is 38.0 Å². The highest BCUT2D eigenvalue weighted by molar-refractivity contribution is 5.67. The van der Waals surface area contributed by atoms with E-state index in [0.29, 0.717) is 0 Å². The molecule has 0 aliphatic carbocycles. The van der Waals surface area contributed by atoms with Crippen LogP contribution in [-0.2, 0) is 9.47 Å². The summed E-state index contributed by atoms with van der Waals surface area (Å²) in [5.74, 6) is 0. The molecule has 0 unspecified atom stereocenters. The second kappa shape index (κ2) is 7.70. The van der Waals surface area contributed by atoms with Gasteiger partial charge in [0.15, 0.2) is 0 Å². The fraction of sp³-hybridized carbons (Fsp3) is 0.438. The van der Waals surface area contributed by atoms with Gasteiger partial charge in [-0.2, -0.15) is 0 Å². The van der Waals surface area contributed by atoms with Gasteiger partial charge in [0, 0.05) is 13.2 Å². The summed E-state index contributed by atoms with van der Waals surface area (Å²) in [6.45, 7) is 9.37. The third-order valence-corrected chi connectivity index (χ3v) is 2.90. The summed E-state index contributed by atoms with van der Waals surface area (Å²) in [5.41, 5.74) is 1.92. The van der Waals surface area contributed by atoms with Gasteiger partial charge in [-0.25, -0.2) is 4.79 Å². The van der Waals surface area contributed by atoms with Crippen LogP contribution in [0.4, 0.5) is 4.79 Å². The van der Waals surface area contributed by atoms with Crippen LogP contribution in [0.5, 0.6) is 0 Å². The Morgan fingerprint density at radius 1 is 1.30 bits per heavy atom. The molecule has 110 valence electrons. The fourth-order valence-corrected chi connectivity index (χ4v) is 2.03. The highest BCUT2D eigenvalue weighted by Gasteiger charge is 2.24. The molecule has 0 spiro atoms. The molecule has 0 fully saturated rings. The number of alkyl carbamates (subject to hydrolysis) is 1. The van der Waals surface area contributed by atoms with Crippen molar-refractivity contribution in [1.82, 2.24) is 5.32 Å². The molecule has 4 nitrogen and oxygen atoms in total. The maximum atomic E-state index is 11.7. The van der Waals surface area contributed by atoms with Crippen molar-refractivity contribution in [3.63, 3.8) is 0 Å². The molecule has 0 heterocycles. The summed E-state index contributed by atoms with van der Waals surface area (Å²) in [6.07, 6.45) is 0.593. The van der Waals surface area contributed by atoms with Gasteiger partial charge in [-0.1, -0.05) is 36.9 Å². The smallest absolute Gasteiger partial charge is 0.407 e. The third kappa shape index (κ3) is 4.38. The van der Waals surface area contributed by atoms with E-state index >= 15 is 0 Å². The van der Waals surface area contributed by atoms with Crippen LogP contribution in [0.25, 0.3) is 6.08 Å². The molecule has 2 atom stereocenters. The molecular formula is C16H23NO3. The molecule has 20 heavy (non-hydrogen) atoms. The van der Waals surface area contributed by atoms with Crippen molar-refractivity contribution < 1.29 is 14.3 Å². The van der Waals surface area contributed by atoms with E-state index in [-0.39, 0.29) is 12.1 Å². The van der Waals surface area contributed by atoms with Crippen molar-refractivity contribution in [2.45, 2.75) is 39.0 Å². The molecule has 0 radical (unpaired) electrons. The molecular weight excluding hydrogens is 254 g/mol. The largest absolute Gasteiger partial charge is 0.443 e. The number of carbonyl (C=O) groups excluding carboxylic acids is 1. The van der Waals surface area contributed by atoms with Crippen molar-refractivity contribution in [2.75, 3.05) is 7.11 Å². The molecule has 1 amide bonds. The summed E-state index contributed by atoms with van der Waals surface area (Å²) in [5, 5.41) is 2.70. The molecule has 1 N–H and O–H groups in total. The second-order valence-corrected chi connectivity index (χ2v) is 4.90. The molecule has 0 aliphatic heterocycles. The van der Waals surface area contributed by atoms with Gasteiger partial charge < -0.3 is 14.8 Å². The van der Waals surface area contributed by atoms with E-state index in [2.05, 4.69) is 11.9 Å². The number of carbonyl (C=O) groups is 1. The standard InChI is InChI=1S/C16H23NO3/c1-6-13-9-7-8-10-14(13)15(19-5)12(4)20-16(18)17-11(2)3/h6-12,15H,1H2,2-5H3,(H,17,18)/t12-,15+/m1/s1. The van der Waals surface area contributed by atoms with Gasteiger partial charge in [0.1, 0.15) is 12.2 Å². The Kier molecular flexibility index (Phi) is 6.25. The first-order chi connectivity index (χ1) is 9.49. The van der Waals surface area contributed by atoms with E-state index in [9.17, 15) is 4.79 Å². The molecule has 0 bridgehead atoms. The number of ether oxygens (including phenoxy) is 2. The Bertz CT molecular complexity index is 457. The second-order valence-electron chi connectivity index (χ2n) is 4.90. The Morgan fingerprint density at radius 2 is 1.95 bits per heavy atom. The van der Waals surface area contributed by atoms with Crippen LogP contribution >= 0.6 is 0 Å². The molecule has 1 rings (SSSR count). The zero-order valence-corrected chi connectivity index (χ0v) is 12.6. The van der Waals surface area contributed by atoms with Gasteiger partial charge in [0.25, 0.3) is 0 Å². The molecule has 0 saturated heterocycles. The van der Waals surface area contributed by atoms with Crippen LogP contribution in [0.15, 0.2) is 30.8 Å². The summed E-state index contributed by atoms with van der Waals surface area (Å²) < 4.78 is 10.9. The first-order valence-electron chi connectivity index (χ1n) is 6.70. The zero-order chi connectivity index (χ0) is 15.1. The average Bonchev–Trinajstić information content (AvgIpc) is 2.39. The lowest BCUT2D eigenvalue weighted by Gasteiger charge is -2.25. The summed E-state index contributed by atoms with van der Waals surface area (Å²) in [4.78, 5) is 11.7. The fourth-order valence-electron chi connectivity index (χ4n) is 2.03. The summed E-state index contributed by atoms with van der Waals surface area (Å²) in [7, 11) is 1.60. The van der Waals surface area contributed by atoms with Crippen molar-refractivity contribution in [2.24, 2.45) is 0 Å². The van der Waals surface area contributed by atoms with Crippen LogP contribution in [0.3, 0.4) is 0 Å². The van der Waals surface area contributed by atoms with E-state index in [1.807, 2.05) is 45.0 Å². The van der Waals surface area contributed by atoms with Gasteiger partial charge in [-0.15, -0.1) is 0 Å². The maximum absolute atomic E-state index is 11.7. The molecule has 4 heteroatoms. The average molecular weight is 277 g/mol. The molecule has 0 aromatic heterocycles. The summed E-state index contributed by atoms with van der Waals surface area (Å²) >= 11 is 0. The first kappa shape index (κ1) is 16.2. The lowest BCUT2D eigenvalue weighted by atomic mass is 9.99. The van der Waals surface area contributed by atoms with E-state index in [1.54, 1.807) is 13.2 Å². The van der Waals surface area contributed by atoms with Gasteiger partial charge >= 0.3 is 6.09 Å². The quantitative estimate of drug-likeness (QED) is 0.865. The van der Waals surface area contributed by atoms with Crippen LogP contribution in [0.2, 0.25) is 0 Å². The molecule has 1 aromatic rings. The minimum Gasteiger partial charge on any atom is -0.443 e. The zero-order valence-electron chi connectivity index (χ0n) is 12.6. The number of rotatable bonds is 6. The Balaban J connectivity index is 2.84. The topological polar surface area (TPSA) is 47.6 Å². The number of hydrogen-bond donors (Lipinski definition) is 1. The maximum Gasteiger partial charge on any atom is 0.407 e. The van der Waals surface area contributed by atoms with Crippen LogP contribution in [-0.4, -0.2) is 25.3 Å². The van der Waals surface area contributed by atoms with Crippen LogP contribution in [0, 0.1) is 0 Å². The Hall–Kier alpha value is -1.81. The molecule has 0 saturated carbocycles. The van der Waals surface area contributed by atoms with Crippen LogP contribution < -0.4 is 5.32 Å². The normalized spacial score (nSPS) is 13.7. The highest BCUT2D eigenvalue weighted by atomic mass is 16.6. The SMILES string of the molecule is C=Cc1ccccc1[C@@H](OC)[C@@H](C)OC(=O)NC(C)C. The Labute approximate surface area is 120 Å². The Morgan fingerprint density at radius 3 is 2.50 bits per heavy atom. The van der Waals surface area contributed by atoms with Gasteiger partial charge in [-0.3, -0.25) is 0 Å². The monoisotopic (exact) mass is 277 g/mol. The van der Waals surface area contributed by atoms with Gasteiger partial charge in [0.2, 0.25) is 0 Å². The highest BCUT2D eigenvalue weighted by Crippen LogP contribution is 2.26. The minimum atomic E-state index is -0.439. The predicted molar refractivity (Wildman–Crippen MR) is 80.5 cm³/mol. The number of methoxy groups -OCH3 is 1. The van der Waals surface area contributed by atoms with E-state index < -0.39 is 12.2 Å². The first-order valence-corrected chi connectivity index (χ1v) is 6.70. The van der Waals surface area contributed by atoms with E-state index in [4.69, 9.17) is 9.47 Å². The van der Waals surface area contributed by atoms with Gasteiger partial charge in [-0.05, 0) is 31.9 Å². The summed E-state index contributed by atoms with van der Waals surface area (Å²) in [6, 6.07) is 7.80. The number of benzene rings is 1. The predicted octanol–water partition coefficient (Wildman–Crippen LogP) is 3.54. The molecule has 0 aliphatic rings. The number of nitrogens with one attached hydrogen (secondary N) is 1. The number of hydrogen-bond acceptors (Lipinski definition) is 3. The third-order valence-electron chi connectivity index (χ3n) is 2.90. The lowest BCUT2D eigenvalue weighted by molar-refractivity contribution is -0.0154. The van der Waals surface area contributed by atoms with Crippen molar-refractivity contribution in [3.8, 4) is 0 Å². The van der Waals surface area contributed by atoms with E-state index in [1.165, 1.54) is 0 Å². The van der Waals surface area contributed by atoms with Crippen molar-refractivity contribution in [1.29, 1.82) is 0 Å². The van der Waals surface area contributed by atoms with Crippen molar-refractivity contribution >= 4 is 12.2 Å². The number of amides is 1. The lowest BCUT2D eigenvalue weighted by Crippen LogP contribution is -2.35. The minimum absolute atomic E-state index is 0.0381. The van der Waals surface area contributed by atoms with Gasteiger partial charge in [0.05, 0.1) is 0 Å². The van der Waals surface area contributed by atoms with Crippen molar-refractivity contribution in [3.05, 3.63) is 42.0 Å². The van der Waals surface area contributed by atoms with E-state index in [0.717, 1.165) is 11.1 Å².